The summed E-state index contributed by atoms with van der Waals surface area (Å²) in [5.41, 5.74) is 0.601. The zero-order valence-electron chi connectivity index (χ0n) is 11.3. The van der Waals surface area contributed by atoms with Gasteiger partial charge in [-0.25, -0.2) is 4.79 Å². The highest BCUT2D eigenvalue weighted by Crippen LogP contribution is 2.65. The van der Waals surface area contributed by atoms with Crippen LogP contribution in [0.25, 0.3) is 0 Å². The van der Waals surface area contributed by atoms with Gasteiger partial charge in [-0.1, -0.05) is 27.4 Å². The highest BCUT2D eigenvalue weighted by molar-refractivity contribution is 5.80. The molecule has 1 N–H and O–H groups in total. The molecule has 0 aromatic heterocycles. The summed E-state index contributed by atoms with van der Waals surface area (Å²) in [6.07, 6.45) is 4.69. The Morgan fingerprint density at radius 2 is 2.06 bits per heavy atom. The van der Waals surface area contributed by atoms with E-state index < -0.39 is 5.97 Å². The molecule has 3 heteroatoms. The lowest BCUT2D eigenvalue weighted by Gasteiger charge is -2.36. The molecule has 0 aliphatic heterocycles. The van der Waals surface area contributed by atoms with Crippen molar-refractivity contribution in [3.05, 3.63) is 12.7 Å². The normalized spacial score (nSPS) is 37.0. The van der Waals surface area contributed by atoms with Crippen LogP contribution >= 0.6 is 0 Å². The standard InChI is InChI=1S/C10H18O.C4H6O2/c1-9(2)7-4-5-10(9,3)8(11)6-7;1-3-4(5)6-2/h7-8,11H,4-6H2,1-3H3;3H,1H2,2H3/t7-,8-,10-;/m1./s1. The number of aliphatic hydroxyl groups is 1. The largest absolute Gasteiger partial charge is 0.466 e. The fraction of sp³-hybridized carbons (Fsp3) is 0.786. The monoisotopic (exact) mass is 240 g/mol. The van der Waals surface area contributed by atoms with Gasteiger partial charge >= 0.3 is 5.97 Å². The van der Waals surface area contributed by atoms with Crippen LogP contribution in [0.1, 0.15) is 40.0 Å². The Bertz CT molecular complexity index is 309. The van der Waals surface area contributed by atoms with Gasteiger partial charge in [0.1, 0.15) is 0 Å². The van der Waals surface area contributed by atoms with Crippen molar-refractivity contribution < 1.29 is 14.6 Å². The van der Waals surface area contributed by atoms with Crippen LogP contribution in [0.3, 0.4) is 0 Å². The molecule has 0 spiro atoms. The van der Waals surface area contributed by atoms with E-state index in [2.05, 4.69) is 32.1 Å². The third-order valence-electron chi connectivity index (χ3n) is 5.12. The Kier molecular flexibility index (Phi) is 4.03. The van der Waals surface area contributed by atoms with Gasteiger partial charge in [0.2, 0.25) is 0 Å². The average molecular weight is 240 g/mol. The second kappa shape index (κ2) is 4.81. The van der Waals surface area contributed by atoms with Crippen molar-refractivity contribution in [2.45, 2.75) is 46.1 Å². The molecule has 2 rings (SSSR count). The quantitative estimate of drug-likeness (QED) is 0.566. The predicted molar refractivity (Wildman–Crippen MR) is 67.4 cm³/mol. The molecule has 2 bridgehead atoms. The lowest BCUT2D eigenvalue weighted by Crippen LogP contribution is -2.35. The number of aliphatic hydroxyl groups excluding tert-OH is 1. The van der Waals surface area contributed by atoms with Gasteiger partial charge in [-0.3, -0.25) is 0 Å². The fourth-order valence-electron chi connectivity index (χ4n) is 3.24. The number of hydrogen-bond acceptors (Lipinski definition) is 3. The zero-order valence-corrected chi connectivity index (χ0v) is 11.3. The van der Waals surface area contributed by atoms with Crippen LogP contribution in [-0.4, -0.2) is 24.3 Å². The zero-order chi connectivity index (χ0) is 13.3. The number of carbonyl (C=O) groups excluding carboxylic acids is 1. The molecule has 0 saturated heterocycles. The molecule has 0 aromatic carbocycles. The lowest BCUT2D eigenvalue weighted by atomic mass is 9.70. The van der Waals surface area contributed by atoms with Crippen molar-refractivity contribution in [1.82, 2.24) is 0 Å². The molecule has 0 aromatic rings. The van der Waals surface area contributed by atoms with E-state index in [1.54, 1.807) is 0 Å². The molecule has 2 fully saturated rings. The molecular formula is C14H24O3. The minimum atomic E-state index is -0.394. The van der Waals surface area contributed by atoms with E-state index >= 15 is 0 Å². The summed E-state index contributed by atoms with van der Waals surface area (Å²) in [5.74, 6) is 0.387. The molecule has 98 valence electrons. The first-order valence-electron chi connectivity index (χ1n) is 6.18. The van der Waals surface area contributed by atoms with E-state index in [9.17, 15) is 9.90 Å². The van der Waals surface area contributed by atoms with E-state index in [1.807, 2.05) is 0 Å². The maximum atomic E-state index is 9.84. The second-order valence-electron chi connectivity index (χ2n) is 5.85. The number of fused-ring (bicyclic) bond motifs is 2. The topological polar surface area (TPSA) is 46.5 Å². The van der Waals surface area contributed by atoms with Crippen LogP contribution in [0.15, 0.2) is 12.7 Å². The third kappa shape index (κ3) is 2.25. The summed E-state index contributed by atoms with van der Waals surface area (Å²) in [6.45, 7) is 10.1. The minimum absolute atomic E-state index is 0.0313. The van der Waals surface area contributed by atoms with Gasteiger partial charge in [0.05, 0.1) is 13.2 Å². The van der Waals surface area contributed by atoms with E-state index in [0.29, 0.717) is 5.41 Å². The van der Waals surface area contributed by atoms with Gasteiger partial charge in [0, 0.05) is 6.08 Å². The summed E-state index contributed by atoms with van der Waals surface area (Å²) >= 11 is 0. The summed E-state index contributed by atoms with van der Waals surface area (Å²) < 4.78 is 4.14. The molecule has 2 saturated carbocycles. The number of esters is 1. The molecule has 0 radical (unpaired) electrons. The Morgan fingerprint density at radius 1 is 1.47 bits per heavy atom. The number of hydrogen-bond donors (Lipinski definition) is 1. The van der Waals surface area contributed by atoms with Gasteiger partial charge in [-0.2, -0.15) is 0 Å². The van der Waals surface area contributed by atoms with E-state index in [4.69, 9.17) is 0 Å². The molecular weight excluding hydrogens is 216 g/mol. The van der Waals surface area contributed by atoms with Crippen molar-refractivity contribution in [2.75, 3.05) is 7.11 Å². The van der Waals surface area contributed by atoms with Crippen molar-refractivity contribution >= 4 is 5.97 Å². The Hall–Kier alpha value is -0.830. The van der Waals surface area contributed by atoms with Gasteiger partial charge in [-0.15, -0.1) is 0 Å². The van der Waals surface area contributed by atoms with Crippen molar-refractivity contribution in [2.24, 2.45) is 16.7 Å². The smallest absolute Gasteiger partial charge is 0.329 e. The second-order valence-corrected chi connectivity index (χ2v) is 5.85. The lowest BCUT2D eigenvalue weighted by molar-refractivity contribution is -0.134. The maximum Gasteiger partial charge on any atom is 0.329 e. The Morgan fingerprint density at radius 3 is 2.18 bits per heavy atom. The van der Waals surface area contributed by atoms with Crippen molar-refractivity contribution in [3.8, 4) is 0 Å². The first kappa shape index (κ1) is 14.2. The SMILES string of the molecule is C=CC(=O)OC.CC1(C)[C@@H]2CC[C@]1(C)[C@H](O)C2. The number of rotatable bonds is 1. The van der Waals surface area contributed by atoms with Crippen LogP contribution in [0, 0.1) is 16.7 Å². The molecule has 0 amide bonds. The van der Waals surface area contributed by atoms with Gasteiger partial charge in [0.15, 0.2) is 0 Å². The van der Waals surface area contributed by atoms with Gasteiger partial charge < -0.3 is 9.84 Å². The third-order valence-corrected chi connectivity index (χ3v) is 5.12. The van der Waals surface area contributed by atoms with Crippen molar-refractivity contribution in [3.63, 3.8) is 0 Å². The molecule has 0 unspecified atom stereocenters. The molecule has 2 aliphatic rings. The summed E-state index contributed by atoms with van der Waals surface area (Å²) in [7, 11) is 1.31. The molecule has 17 heavy (non-hydrogen) atoms. The van der Waals surface area contributed by atoms with Crippen LogP contribution in [0.5, 0.6) is 0 Å². The highest BCUT2D eigenvalue weighted by atomic mass is 16.5. The Balaban J connectivity index is 0.000000209. The number of ether oxygens (including phenoxy) is 1. The van der Waals surface area contributed by atoms with Crippen LogP contribution in [0.2, 0.25) is 0 Å². The first-order chi connectivity index (χ1) is 7.79. The Labute approximate surface area is 104 Å². The van der Waals surface area contributed by atoms with E-state index in [-0.39, 0.29) is 11.5 Å². The molecule has 0 heterocycles. The summed E-state index contributed by atoms with van der Waals surface area (Å²) in [5, 5.41) is 9.81. The van der Waals surface area contributed by atoms with Gasteiger partial charge in [0.25, 0.3) is 0 Å². The van der Waals surface area contributed by atoms with Crippen LogP contribution in [-0.2, 0) is 9.53 Å². The number of carbonyl (C=O) groups is 1. The summed E-state index contributed by atoms with van der Waals surface area (Å²) in [4.78, 5) is 9.84. The van der Waals surface area contributed by atoms with Crippen molar-refractivity contribution in [1.29, 1.82) is 0 Å². The maximum absolute atomic E-state index is 9.84. The summed E-state index contributed by atoms with van der Waals surface area (Å²) in [6, 6.07) is 0. The predicted octanol–water partition coefficient (Wildman–Crippen LogP) is 2.54. The van der Waals surface area contributed by atoms with E-state index in [0.717, 1.165) is 18.4 Å². The molecule has 3 atom stereocenters. The van der Waals surface area contributed by atoms with Gasteiger partial charge in [-0.05, 0) is 36.0 Å². The first-order valence-corrected chi connectivity index (χ1v) is 6.18. The fourth-order valence-corrected chi connectivity index (χ4v) is 3.24. The average Bonchev–Trinajstić information content (AvgIpc) is 2.61. The van der Waals surface area contributed by atoms with E-state index in [1.165, 1.54) is 20.0 Å². The number of methoxy groups -OCH3 is 1. The van der Waals surface area contributed by atoms with Crippen LogP contribution < -0.4 is 0 Å². The minimum Gasteiger partial charge on any atom is -0.466 e. The van der Waals surface area contributed by atoms with Crippen LogP contribution in [0.4, 0.5) is 0 Å². The molecule has 3 nitrogen and oxygen atoms in total. The molecule has 2 aliphatic carbocycles. The highest BCUT2D eigenvalue weighted by Gasteiger charge is 2.60.